The molecule has 0 fully saturated rings. The molecule has 0 spiro atoms. The van der Waals surface area contributed by atoms with Gasteiger partial charge < -0.3 is 0 Å². The summed E-state index contributed by atoms with van der Waals surface area (Å²) in [5.74, 6) is 0. The Hall–Kier alpha value is -2.34. The second-order valence-electron chi connectivity index (χ2n) is 7.13. The van der Waals surface area contributed by atoms with Gasteiger partial charge in [0, 0.05) is 0 Å². The van der Waals surface area contributed by atoms with Crippen LogP contribution in [-0.4, -0.2) is 0 Å². The van der Waals surface area contributed by atoms with E-state index >= 15 is 0 Å². The topological polar surface area (TPSA) is 0 Å². The van der Waals surface area contributed by atoms with Crippen LogP contribution in [-0.2, 0) is 6.42 Å². The van der Waals surface area contributed by atoms with Gasteiger partial charge in [-0.15, -0.1) is 0 Å². The van der Waals surface area contributed by atoms with Crippen molar-refractivity contribution in [3.63, 3.8) is 0 Å². The fourth-order valence-corrected chi connectivity index (χ4v) is 3.58. The zero-order valence-corrected chi connectivity index (χ0v) is 16.0. The summed E-state index contributed by atoms with van der Waals surface area (Å²) >= 11 is 0. The second-order valence-corrected chi connectivity index (χ2v) is 7.13. The van der Waals surface area contributed by atoms with Crippen LogP contribution in [0.15, 0.2) is 78.9 Å². The van der Waals surface area contributed by atoms with Gasteiger partial charge in [-0.05, 0) is 40.7 Å². The molecule has 0 amide bonds. The van der Waals surface area contributed by atoms with Crippen molar-refractivity contribution in [3.05, 3.63) is 84.4 Å². The fourth-order valence-electron chi connectivity index (χ4n) is 3.58. The smallest absolute Gasteiger partial charge is 0.0103 e. The third kappa shape index (κ3) is 5.08. The van der Waals surface area contributed by atoms with Crippen molar-refractivity contribution in [2.24, 2.45) is 0 Å². The molecule has 0 atom stereocenters. The minimum absolute atomic E-state index is 1.18. The molecule has 0 radical (unpaired) electrons. The molecule has 0 heterocycles. The predicted molar refractivity (Wildman–Crippen MR) is 114 cm³/mol. The molecule has 0 saturated carbocycles. The molecule has 0 aliphatic rings. The van der Waals surface area contributed by atoms with Gasteiger partial charge in [0.05, 0.1) is 0 Å². The Morgan fingerprint density at radius 1 is 0.538 bits per heavy atom. The number of hydrogen-bond acceptors (Lipinski definition) is 0. The van der Waals surface area contributed by atoms with E-state index < -0.39 is 0 Å². The van der Waals surface area contributed by atoms with Crippen molar-refractivity contribution in [3.8, 4) is 22.3 Å². The molecular formula is C26H30. The standard InChI is InChI=1S/C26H30/c1-2-3-4-5-6-9-14-22-19-20-25(23-15-10-7-11-16-23)26(21-22)24-17-12-8-13-18-24/h7-8,10-13,15-21H,2-6,9,14H2,1H3. The first-order valence-electron chi connectivity index (χ1n) is 10.1. The van der Waals surface area contributed by atoms with Crippen molar-refractivity contribution in [2.45, 2.75) is 51.9 Å². The quantitative estimate of drug-likeness (QED) is 0.346. The minimum atomic E-state index is 1.18. The van der Waals surface area contributed by atoms with Gasteiger partial charge in [0.15, 0.2) is 0 Å². The van der Waals surface area contributed by atoms with Gasteiger partial charge in [-0.3, -0.25) is 0 Å². The zero-order valence-electron chi connectivity index (χ0n) is 16.0. The molecule has 0 heteroatoms. The Labute approximate surface area is 158 Å². The largest absolute Gasteiger partial charge is 0.0654 e. The van der Waals surface area contributed by atoms with Gasteiger partial charge in [-0.2, -0.15) is 0 Å². The normalized spacial score (nSPS) is 10.8. The lowest BCUT2D eigenvalue weighted by Crippen LogP contribution is -1.91. The Morgan fingerprint density at radius 3 is 1.77 bits per heavy atom. The molecular weight excluding hydrogens is 312 g/mol. The average molecular weight is 343 g/mol. The highest BCUT2D eigenvalue weighted by molar-refractivity contribution is 5.83. The van der Waals surface area contributed by atoms with E-state index in [1.807, 2.05) is 0 Å². The average Bonchev–Trinajstić information content (AvgIpc) is 2.72. The van der Waals surface area contributed by atoms with Crippen molar-refractivity contribution in [1.82, 2.24) is 0 Å². The van der Waals surface area contributed by atoms with Crippen molar-refractivity contribution in [2.75, 3.05) is 0 Å². The monoisotopic (exact) mass is 342 g/mol. The predicted octanol–water partition coefficient (Wildman–Crippen LogP) is 7.92. The molecule has 0 saturated heterocycles. The number of aryl methyl sites for hydroxylation is 1. The molecule has 0 bridgehead atoms. The zero-order chi connectivity index (χ0) is 18.0. The van der Waals surface area contributed by atoms with Crippen molar-refractivity contribution >= 4 is 0 Å². The Bertz CT molecular complexity index is 772. The third-order valence-corrected chi connectivity index (χ3v) is 5.07. The molecule has 134 valence electrons. The van der Waals surface area contributed by atoms with E-state index in [-0.39, 0.29) is 0 Å². The number of hydrogen-bond donors (Lipinski definition) is 0. The molecule has 0 nitrogen and oxygen atoms in total. The lowest BCUT2D eigenvalue weighted by Gasteiger charge is -2.13. The summed E-state index contributed by atoms with van der Waals surface area (Å²) in [7, 11) is 0. The molecule has 3 aromatic carbocycles. The van der Waals surface area contributed by atoms with Crippen molar-refractivity contribution < 1.29 is 0 Å². The van der Waals surface area contributed by atoms with Crippen LogP contribution in [0, 0.1) is 0 Å². The molecule has 0 aliphatic heterocycles. The van der Waals surface area contributed by atoms with Gasteiger partial charge >= 0.3 is 0 Å². The van der Waals surface area contributed by atoms with Crippen LogP contribution < -0.4 is 0 Å². The lowest BCUT2D eigenvalue weighted by atomic mass is 9.91. The Balaban J connectivity index is 1.79. The van der Waals surface area contributed by atoms with Crippen molar-refractivity contribution in [1.29, 1.82) is 0 Å². The maximum Gasteiger partial charge on any atom is -0.0103 e. The first-order valence-corrected chi connectivity index (χ1v) is 10.1. The first-order chi connectivity index (χ1) is 12.9. The highest BCUT2D eigenvalue weighted by Crippen LogP contribution is 2.33. The van der Waals surface area contributed by atoms with E-state index in [0.29, 0.717) is 0 Å². The van der Waals surface area contributed by atoms with E-state index in [9.17, 15) is 0 Å². The summed E-state index contributed by atoms with van der Waals surface area (Å²) in [5, 5.41) is 0. The molecule has 3 rings (SSSR count). The third-order valence-electron chi connectivity index (χ3n) is 5.07. The van der Waals surface area contributed by atoms with E-state index in [1.54, 1.807) is 0 Å². The van der Waals surface area contributed by atoms with E-state index in [2.05, 4.69) is 85.8 Å². The van der Waals surface area contributed by atoms with Gasteiger partial charge in [-0.25, -0.2) is 0 Å². The van der Waals surface area contributed by atoms with Gasteiger partial charge in [0.25, 0.3) is 0 Å². The van der Waals surface area contributed by atoms with Crippen LogP contribution >= 0.6 is 0 Å². The lowest BCUT2D eigenvalue weighted by molar-refractivity contribution is 0.607. The maximum absolute atomic E-state index is 2.41. The van der Waals surface area contributed by atoms with E-state index in [1.165, 1.54) is 72.8 Å². The van der Waals surface area contributed by atoms with Gasteiger partial charge in [-0.1, -0.05) is 118 Å². The van der Waals surface area contributed by atoms with Crippen LogP contribution in [0.3, 0.4) is 0 Å². The Kier molecular flexibility index (Phi) is 7.07. The second kappa shape index (κ2) is 9.97. The van der Waals surface area contributed by atoms with E-state index in [4.69, 9.17) is 0 Å². The highest BCUT2D eigenvalue weighted by Gasteiger charge is 2.08. The van der Waals surface area contributed by atoms with Crippen LogP contribution in [0.4, 0.5) is 0 Å². The fraction of sp³-hybridized carbons (Fsp3) is 0.308. The summed E-state index contributed by atoms with van der Waals surface area (Å²) in [6.07, 6.45) is 9.29. The van der Waals surface area contributed by atoms with Crippen LogP contribution in [0.5, 0.6) is 0 Å². The van der Waals surface area contributed by atoms with Crippen LogP contribution in [0.25, 0.3) is 22.3 Å². The first kappa shape index (κ1) is 18.5. The maximum atomic E-state index is 2.41. The summed E-state index contributed by atoms with van der Waals surface area (Å²) in [5.41, 5.74) is 6.72. The Morgan fingerprint density at radius 2 is 1.12 bits per heavy atom. The number of benzene rings is 3. The highest BCUT2D eigenvalue weighted by atomic mass is 14.1. The molecule has 0 N–H and O–H groups in total. The molecule has 0 aromatic heterocycles. The minimum Gasteiger partial charge on any atom is -0.0654 e. The summed E-state index contributed by atoms with van der Waals surface area (Å²) in [4.78, 5) is 0. The molecule has 26 heavy (non-hydrogen) atoms. The van der Waals surface area contributed by atoms with Crippen LogP contribution in [0.1, 0.15) is 51.0 Å². The summed E-state index contributed by atoms with van der Waals surface area (Å²) < 4.78 is 0. The molecule has 3 aromatic rings. The van der Waals surface area contributed by atoms with Gasteiger partial charge in [0.1, 0.15) is 0 Å². The SMILES string of the molecule is CCCCCCCCc1ccc(-c2ccccc2)c(-c2ccccc2)c1. The summed E-state index contributed by atoms with van der Waals surface area (Å²) in [6, 6.07) is 28.5. The number of unbranched alkanes of at least 4 members (excludes halogenated alkanes) is 5. The van der Waals surface area contributed by atoms with Crippen LogP contribution in [0.2, 0.25) is 0 Å². The van der Waals surface area contributed by atoms with Gasteiger partial charge in [0.2, 0.25) is 0 Å². The molecule has 0 aliphatic carbocycles. The summed E-state index contributed by atoms with van der Waals surface area (Å²) in [6.45, 7) is 2.28. The molecule has 0 unspecified atom stereocenters. The van der Waals surface area contributed by atoms with E-state index in [0.717, 1.165) is 0 Å². The number of rotatable bonds is 9.